The van der Waals surface area contributed by atoms with Crippen LogP contribution in [0.2, 0.25) is 5.02 Å². The lowest BCUT2D eigenvalue weighted by Crippen LogP contribution is -2.34. The standard InChI is InChI=1S/C21H22ClNO3/c1-25-19-10-15-16-9-14(24)7-8-18(16)23-21(17(15)11-20(19)26-2)12-3-5-13(22)6-4-12/h3-6,10-11,14,16,18,24H,7-9H2,1-2H3. The highest BCUT2D eigenvalue weighted by molar-refractivity contribution is 6.30. The first-order valence-electron chi connectivity index (χ1n) is 8.88. The smallest absolute Gasteiger partial charge is 0.161 e. The fourth-order valence-corrected chi connectivity index (χ4v) is 4.23. The summed E-state index contributed by atoms with van der Waals surface area (Å²) >= 11 is 6.06. The second kappa shape index (κ2) is 6.93. The SMILES string of the molecule is COc1cc2c(cc1OC)C1CC(O)CCC1N=C2c1ccc(Cl)cc1. The Hall–Kier alpha value is -2.04. The number of aliphatic hydroxyl groups excluding tert-OH is 1. The minimum absolute atomic E-state index is 0.176. The zero-order chi connectivity index (χ0) is 18.3. The van der Waals surface area contributed by atoms with Gasteiger partial charge >= 0.3 is 0 Å². The van der Waals surface area contributed by atoms with Gasteiger partial charge in [-0.2, -0.15) is 0 Å². The lowest BCUT2D eigenvalue weighted by Gasteiger charge is -2.37. The summed E-state index contributed by atoms with van der Waals surface area (Å²) in [6, 6.07) is 12.0. The fourth-order valence-electron chi connectivity index (χ4n) is 4.10. The molecular formula is C21H22ClNO3. The lowest BCUT2D eigenvalue weighted by atomic mass is 9.74. The summed E-state index contributed by atoms with van der Waals surface area (Å²) in [7, 11) is 3.29. The van der Waals surface area contributed by atoms with Crippen molar-refractivity contribution < 1.29 is 14.6 Å². The van der Waals surface area contributed by atoms with Gasteiger partial charge in [-0.15, -0.1) is 0 Å². The summed E-state index contributed by atoms with van der Waals surface area (Å²) in [6.45, 7) is 0. The molecule has 0 bridgehead atoms. The fraction of sp³-hybridized carbons (Fsp3) is 0.381. The molecule has 2 aliphatic rings. The Morgan fingerprint density at radius 3 is 2.42 bits per heavy atom. The number of methoxy groups -OCH3 is 2. The summed E-state index contributed by atoms with van der Waals surface area (Å²) in [5, 5.41) is 10.9. The number of hydrogen-bond donors (Lipinski definition) is 1. The number of ether oxygens (including phenoxy) is 2. The van der Waals surface area contributed by atoms with Gasteiger partial charge in [0.05, 0.1) is 32.1 Å². The number of benzene rings is 2. The van der Waals surface area contributed by atoms with E-state index in [0.29, 0.717) is 16.5 Å². The topological polar surface area (TPSA) is 51.0 Å². The summed E-state index contributed by atoms with van der Waals surface area (Å²) < 4.78 is 11.0. The van der Waals surface area contributed by atoms with Crippen LogP contribution in [0.1, 0.15) is 41.9 Å². The molecule has 1 fully saturated rings. The van der Waals surface area contributed by atoms with Crippen LogP contribution in [0.5, 0.6) is 11.5 Å². The first kappa shape index (κ1) is 17.4. The third-order valence-electron chi connectivity index (χ3n) is 5.41. The first-order valence-corrected chi connectivity index (χ1v) is 9.26. The Labute approximate surface area is 158 Å². The van der Waals surface area contributed by atoms with E-state index in [-0.39, 0.29) is 18.1 Å². The number of aliphatic imine (C=N–C) groups is 1. The molecule has 136 valence electrons. The summed E-state index contributed by atoms with van der Waals surface area (Å²) in [5.41, 5.74) is 4.20. The van der Waals surface area contributed by atoms with Gasteiger partial charge in [-0.25, -0.2) is 0 Å². The van der Waals surface area contributed by atoms with Gasteiger partial charge in [0.15, 0.2) is 11.5 Å². The van der Waals surface area contributed by atoms with Crippen LogP contribution in [0.15, 0.2) is 41.4 Å². The Morgan fingerprint density at radius 1 is 1.04 bits per heavy atom. The van der Waals surface area contributed by atoms with Crippen LogP contribution in [-0.2, 0) is 0 Å². The highest BCUT2D eigenvalue weighted by Gasteiger charge is 2.37. The molecule has 1 heterocycles. The van der Waals surface area contributed by atoms with Crippen LogP contribution in [0, 0.1) is 0 Å². The molecular weight excluding hydrogens is 350 g/mol. The van der Waals surface area contributed by atoms with Gasteiger partial charge in [-0.1, -0.05) is 23.7 Å². The summed E-state index contributed by atoms with van der Waals surface area (Å²) in [5.74, 6) is 1.59. The van der Waals surface area contributed by atoms with Crippen molar-refractivity contribution >= 4 is 17.3 Å². The third kappa shape index (κ3) is 2.97. The molecule has 1 aliphatic heterocycles. The van der Waals surface area contributed by atoms with Gasteiger partial charge in [0.1, 0.15) is 0 Å². The molecule has 26 heavy (non-hydrogen) atoms. The number of fused-ring (bicyclic) bond motifs is 3. The van der Waals surface area contributed by atoms with Gasteiger partial charge < -0.3 is 14.6 Å². The molecule has 5 heteroatoms. The lowest BCUT2D eigenvalue weighted by molar-refractivity contribution is 0.111. The van der Waals surface area contributed by atoms with Gasteiger partial charge in [0, 0.05) is 22.1 Å². The molecule has 2 aromatic rings. The van der Waals surface area contributed by atoms with E-state index in [2.05, 4.69) is 6.07 Å². The number of nitrogens with zero attached hydrogens (tertiary/aromatic N) is 1. The Kier molecular flexibility index (Phi) is 4.63. The van der Waals surface area contributed by atoms with E-state index in [9.17, 15) is 5.11 Å². The minimum atomic E-state index is -0.274. The van der Waals surface area contributed by atoms with Crippen LogP contribution in [0.4, 0.5) is 0 Å². The van der Waals surface area contributed by atoms with Crippen molar-refractivity contribution in [2.45, 2.75) is 37.3 Å². The maximum Gasteiger partial charge on any atom is 0.161 e. The van der Waals surface area contributed by atoms with E-state index < -0.39 is 0 Å². The molecule has 0 aromatic heterocycles. The van der Waals surface area contributed by atoms with Crippen LogP contribution >= 0.6 is 11.6 Å². The summed E-state index contributed by atoms with van der Waals surface area (Å²) in [6.07, 6.45) is 2.13. The van der Waals surface area contributed by atoms with E-state index in [1.165, 1.54) is 5.56 Å². The third-order valence-corrected chi connectivity index (χ3v) is 5.66. The number of hydrogen-bond acceptors (Lipinski definition) is 4. The zero-order valence-electron chi connectivity index (χ0n) is 14.9. The zero-order valence-corrected chi connectivity index (χ0v) is 15.7. The average molecular weight is 372 g/mol. The number of halogens is 1. The van der Waals surface area contributed by atoms with E-state index >= 15 is 0 Å². The van der Waals surface area contributed by atoms with Crippen LogP contribution in [0.25, 0.3) is 0 Å². The maximum absolute atomic E-state index is 10.2. The first-order chi connectivity index (χ1) is 12.6. The van der Waals surface area contributed by atoms with Gasteiger partial charge in [-0.3, -0.25) is 4.99 Å². The van der Waals surface area contributed by atoms with Crippen LogP contribution in [-0.4, -0.2) is 37.2 Å². The van der Waals surface area contributed by atoms with E-state index in [0.717, 1.165) is 36.1 Å². The predicted octanol–water partition coefficient (Wildman–Crippen LogP) is 4.21. The van der Waals surface area contributed by atoms with Crippen LogP contribution in [0.3, 0.4) is 0 Å². The Morgan fingerprint density at radius 2 is 1.73 bits per heavy atom. The molecule has 1 N–H and O–H groups in total. The molecule has 0 amide bonds. The van der Waals surface area contributed by atoms with Gasteiger partial charge in [0.2, 0.25) is 0 Å². The van der Waals surface area contributed by atoms with Gasteiger partial charge in [-0.05, 0) is 49.1 Å². The molecule has 0 radical (unpaired) electrons. The second-order valence-electron chi connectivity index (χ2n) is 6.92. The number of aliphatic hydroxyl groups is 1. The quantitative estimate of drug-likeness (QED) is 0.879. The molecule has 1 aliphatic carbocycles. The minimum Gasteiger partial charge on any atom is -0.493 e. The van der Waals surface area contributed by atoms with E-state index in [1.807, 2.05) is 30.3 Å². The largest absolute Gasteiger partial charge is 0.493 e. The molecule has 0 spiro atoms. The molecule has 3 unspecified atom stereocenters. The Bertz CT molecular complexity index is 847. The van der Waals surface area contributed by atoms with Crippen molar-refractivity contribution in [3.63, 3.8) is 0 Å². The molecule has 3 atom stereocenters. The van der Waals surface area contributed by atoms with Gasteiger partial charge in [0.25, 0.3) is 0 Å². The van der Waals surface area contributed by atoms with Crippen molar-refractivity contribution in [1.29, 1.82) is 0 Å². The molecule has 4 rings (SSSR count). The van der Waals surface area contributed by atoms with Crippen molar-refractivity contribution in [3.8, 4) is 11.5 Å². The van der Waals surface area contributed by atoms with Crippen molar-refractivity contribution in [3.05, 3.63) is 58.1 Å². The van der Waals surface area contributed by atoms with E-state index in [1.54, 1.807) is 14.2 Å². The molecule has 4 nitrogen and oxygen atoms in total. The predicted molar refractivity (Wildman–Crippen MR) is 103 cm³/mol. The van der Waals surface area contributed by atoms with E-state index in [4.69, 9.17) is 26.1 Å². The highest BCUT2D eigenvalue weighted by Crippen LogP contribution is 2.44. The molecule has 0 saturated heterocycles. The second-order valence-corrected chi connectivity index (χ2v) is 7.36. The Balaban J connectivity index is 1.89. The normalized spacial score (nSPS) is 24.3. The molecule has 2 aromatic carbocycles. The van der Waals surface area contributed by atoms with Crippen LogP contribution < -0.4 is 9.47 Å². The monoisotopic (exact) mass is 371 g/mol. The number of rotatable bonds is 3. The van der Waals surface area contributed by atoms with Crippen molar-refractivity contribution in [1.82, 2.24) is 0 Å². The molecule has 1 saturated carbocycles. The van der Waals surface area contributed by atoms with Crippen molar-refractivity contribution in [2.75, 3.05) is 14.2 Å². The van der Waals surface area contributed by atoms with Crippen molar-refractivity contribution in [2.24, 2.45) is 4.99 Å². The highest BCUT2D eigenvalue weighted by atomic mass is 35.5. The average Bonchev–Trinajstić information content (AvgIpc) is 2.67. The maximum atomic E-state index is 10.2. The summed E-state index contributed by atoms with van der Waals surface area (Å²) in [4.78, 5) is 5.08.